The van der Waals surface area contributed by atoms with Crippen LogP contribution in [0.2, 0.25) is 0 Å². The van der Waals surface area contributed by atoms with Crippen molar-refractivity contribution in [3.8, 4) is 0 Å². The van der Waals surface area contributed by atoms with E-state index in [0.717, 1.165) is 25.7 Å². The number of rotatable bonds is 6. The average molecular weight is 359 g/mol. The highest BCUT2D eigenvalue weighted by Crippen LogP contribution is 2.36. The largest absolute Gasteiger partial charge is 0.387 e. The molecule has 3 nitrogen and oxygen atoms in total. The third-order valence-electron chi connectivity index (χ3n) is 5.25. The zero-order chi connectivity index (χ0) is 17.7. The number of aliphatic hydroxyl groups excluding tert-OH is 1. The second kappa shape index (κ2) is 8.15. The molecule has 0 spiro atoms. The van der Waals surface area contributed by atoms with Crippen molar-refractivity contribution in [2.75, 3.05) is 0 Å². The van der Waals surface area contributed by atoms with E-state index in [2.05, 4.69) is 0 Å². The van der Waals surface area contributed by atoms with E-state index in [1.54, 1.807) is 36.4 Å². The predicted octanol–water partition coefficient (Wildman–Crippen LogP) is 4.53. The number of sulfone groups is 1. The van der Waals surface area contributed by atoms with E-state index in [9.17, 15) is 13.5 Å². The van der Waals surface area contributed by atoms with Crippen LogP contribution in [0.25, 0.3) is 0 Å². The maximum atomic E-state index is 13.3. The molecule has 1 fully saturated rings. The van der Waals surface area contributed by atoms with Crippen LogP contribution in [0.1, 0.15) is 50.2 Å². The predicted molar refractivity (Wildman–Crippen MR) is 100 cm³/mol. The van der Waals surface area contributed by atoms with Gasteiger partial charge in [0.1, 0.15) is 0 Å². The fraction of sp³-hybridized carbons (Fsp3) is 0.429. The van der Waals surface area contributed by atoms with Gasteiger partial charge in [-0.3, -0.25) is 0 Å². The molecule has 1 aliphatic rings. The number of aliphatic hydroxyl groups is 1. The fourth-order valence-electron chi connectivity index (χ4n) is 3.83. The van der Waals surface area contributed by atoms with E-state index in [0.29, 0.717) is 22.8 Å². The standard InChI is InChI=1S/C21H26O3S/c22-21(18-12-6-2-7-13-18)20(16-17-10-4-1-5-11-17)25(23,24)19-14-8-3-9-15-19/h2-3,6-9,12-15,17,20-22H,1,4-5,10-11,16H2/t20-,21-/m1/s1. The van der Waals surface area contributed by atoms with Gasteiger partial charge in [0.05, 0.1) is 16.2 Å². The van der Waals surface area contributed by atoms with Crippen molar-refractivity contribution < 1.29 is 13.5 Å². The maximum Gasteiger partial charge on any atom is 0.184 e. The van der Waals surface area contributed by atoms with Crippen molar-refractivity contribution >= 4 is 9.84 Å². The molecule has 0 saturated heterocycles. The highest BCUT2D eigenvalue weighted by Gasteiger charge is 2.36. The summed E-state index contributed by atoms with van der Waals surface area (Å²) in [6, 6.07) is 17.7. The minimum absolute atomic E-state index is 0.297. The molecule has 0 heterocycles. The molecule has 2 atom stereocenters. The first-order chi connectivity index (χ1) is 12.1. The van der Waals surface area contributed by atoms with Crippen LogP contribution in [0.4, 0.5) is 0 Å². The van der Waals surface area contributed by atoms with E-state index in [1.165, 1.54) is 6.42 Å². The normalized spacial score (nSPS) is 18.6. The summed E-state index contributed by atoms with van der Waals surface area (Å²) >= 11 is 0. The Balaban J connectivity index is 1.93. The monoisotopic (exact) mass is 358 g/mol. The van der Waals surface area contributed by atoms with E-state index in [4.69, 9.17) is 0 Å². The molecule has 0 unspecified atom stereocenters. The lowest BCUT2D eigenvalue weighted by molar-refractivity contribution is 0.154. The topological polar surface area (TPSA) is 54.4 Å². The molecule has 0 radical (unpaired) electrons. The Kier molecular flexibility index (Phi) is 5.92. The summed E-state index contributed by atoms with van der Waals surface area (Å²) in [5.74, 6) is 0.371. The van der Waals surface area contributed by atoms with Gasteiger partial charge >= 0.3 is 0 Å². The summed E-state index contributed by atoms with van der Waals surface area (Å²) in [6.07, 6.45) is 5.17. The fourth-order valence-corrected chi connectivity index (χ4v) is 5.73. The van der Waals surface area contributed by atoms with Gasteiger partial charge in [0.15, 0.2) is 9.84 Å². The summed E-state index contributed by atoms with van der Waals surface area (Å²) in [4.78, 5) is 0.297. The van der Waals surface area contributed by atoms with Crippen molar-refractivity contribution in [1.82, 2.24) is 0 Å². The molecule has 134 valence electrons. The summed E-state index contributed by atoms with van der Waals surface area (Å²) in [5, 5.41) is 10.1. The molecule has 0 amide bonds. The second-order valence-corrected chi connectivity index (χ2v) is 9.16. The Bertz CT molecular complexity index is 750. The first kappa shape index (κ1) is 18.2. The molecular formula is C21H26O3S. The number of hydrogen-bond acceptors (Lipinski definition) is 3. The second-order valence-electron chi connectivity index (χ2n) is 6.99. The van der Waals surface area contributed by atoms with Gasteiger partial charge in [-0.25, -0.2) is 8.42 Å². The number of benzene rings is 2. The molecule has 0 bridgehead atoms. The molecule has 1 saturated carbocycles. The first-order valence-corrected chi connectivity index (χ1v) is 10.7. The van der Waals surface area contributed by atoms with Crippen molar-refractivity contribution in [1.29, 1.82) is 0 Å². The minimum atomic E-state index is -3.60. The zero-order valence-corrected chi connectivity index (χ0v) is 15.2. The van der Waals surface area contributed by atoms with Gasteiger partial charge in [-0.2, -0.15) is 0 Å². The average Bonchev–Trinajstić information content (AvgIpc) is 2.67. The van der Waals surface area contributed by atoms with Crippen molar-refractivity contribution in [2.24, 2.45) is 5.92 Å². The Morgan fingerprint density at radius 2 is 1.44 bits per heavy atom. The van der Waals surface area contributed by atoms with Crippen LogP contribution in [0.3, 0.4) is 0 Å². The SMILES string of the molecule is O=S(=O)(c1ccccc1)[C@H](CC1CCCCC1)[C@H](O)c1ccccc1. The first-order valence-electron chi connectivity index (χ1n) is 9.11. The summed E-state index contributed by atoms with van der Waals surface area (Å²) in [6.45, 7) is 0. The molecular weight excluding hydrogens is 332 g/mol. The molecule has 0 aromatic heterocycles. The summed E-state index contributed by atoms with van der Waals surface area (Å²) in [5.41, 5.74) is 0.669. The number of hydrogen-bond donors (Lipinski definition) is 1. The van der Waals surface area contributed by atoms with Gasteiger partial charge in [-0.1, -0.05) is 80.6 Å². The van der Waals surface area contributed by atoms with Crippen LogP contribution >= 0.6 is 0 Å². The van der Waals surface area contributed by atoms with Gasteiger partial charge < -0.3 is 5.11 Å². The summed E-state index contributed by atoms with van der Waals surface area (Å²) in [7, 11) is -3.60. The summed E-state index contributed by atoms with van der Waals surface area (Å²) < 4.78 is 26.5. The molecule has 1 aliphatic carbocycles. The molecule has 1 N–H and O–H groups in total. The van der Waals surface area contributed by atoms with Crippen LogP contribution in [0.5, 0.6) is 0 Å². The molecule has 2 aromatic rings. The van der Waals surface area contributed by atoms with E-state index in [1.807, 2.05) is 24.3 Å². The van der Waals surface area contributed by atoms with E-state index >= 15 is 0 Å². The maximum absolute atomic E-state index is 13.3. The Hall–Kier alpha value is -1.65. The van der Waals surface area contributed by atoms with Crippen LogP contribution in [0.15, 0.2) is 65.6 Å². The van der Waals surface area contributed by atoms with Crippen LogP contribution < -0.4 is 0 Å². The van der Waals surface area contributed by atoms with E-state index in [-0.39, 0.29) is 0 Å². The van der Waals surface area contributed by atoms with Crippen molar-refractivity contribution in [3.05, 3.63) is 66.2 Å². The van der Waals surface area contributed by atoms with Gasteiger partial charge in [0, 0.05) is 0 Å². The molecule has 25 heavy (non-hydrogen) atoms. The lowest BCUT2D eigenvalue weighted by atomic mass is 9.84. The van der Waals surface area contributed by atoms with Crippen LogP contribution in [-0.4, -0.2) is 18.8 Å². The zero-order valence-electron chi connectivity index (χ0n) is 14.4. The van der Waals surface area contributed by atoms with Gasteiger partial charge in [0.25, 0.3) is 0 Å². The molecule has 3 rings (SSSR count). The van der Waals surface area contributed by atoms with Gasteiger partial charge in [-0.05, 0) is 30.0 Å². The van der Waals surface area contributed by atoms with Gasteiger partial charge in [0.2, 0.25) is 0 Å². The minimum Gasteiger partial charge on any atom is -0.387 e. The third-order valence-corrected chi connectivity index (χ3v) is 7.43. The lowest BCUT2D eigenvalue weighted by Gasteiger charge is -2.29. The lowest BCUT2D eigenvalue weighted by Crippen LogP contribution is -2.31. The highest BCUT2D eigenvalue weighted by molar-refractivity contribution is 7.92. The Labute approximate surface area is 150 Å². The van der Waals surface area contributed by atoms with E-state index < -0.39 is 21.2 Å². The molecule has 0 aliphatic heterocycles. The Morgan fingerprint density at radius 3 is 2.04 bits per heavy atom. The van der Waals surface area contributed by atoms with Crippen molar-refractivity contribution in [2.45, 2.75) is 54.8 Å². The van der Waals surface area contributed by atoms with Crippen LogP contribution in [-0.2, 0) is 9.84 Å². The Morgan fingerprint density at radius 1 is 0.880 bits per heavy atom. The molecule has 4 heteroatoms. The van der Waals surface area contributed by atoms with Crippen LogP contribution in [0, 0.1) is 5.92 Å². The highest BCUT2D eigenvalue weighted by atomic mass is 32.2. The smallest absolute Gasteiger partial charge is 0.184 e. The third kappa shape index (κ3) is 4.31. The molecule has 2 aromatic carbocycles. The quantitative estimate of drug-likeness (QED) is 0.825. The van der Waals surface area contributed by atoms with Gasteiger partial charge in [-0.15, -0.1) is 0 Å². The van der Waals surface area contributed by atoms with Crippen molar-refractivity contribution in [3.63, 3.8) is 0 Å².